The average molecular weight is 307 g/mol. The topological polar surface area (TPSA) is 55.7 Å². The van der Waals surface area contributed by atoms with E-state index in [0.29, 0.717) is 21.7 Å². The summed E-state index contributed by atoms with van der Waals surface area (Å²) in [5, 5.41) is 0. The van der Waals surface area contributed by atoms with Crippen molar-refractivity contribution < 1.29 is 13.7 Å². The van der Waals surface area contributed by atoms with Crippen molar-refractivity contribution in [3.63, 3.8) is 0 Å². The van der Waals surface area contributed by atoms with E-state index in [4.69, 9.17) is 4.74 Å². The molecule has 0 radical (unpaired) electrons. The van der Waals surface area contributed by atoms with E-state index in [9.17, 15) is 9.00 Å². The molecule has 0 saturated heterocycles. The Labute approximate surface area is 128 Å². The van der Waals surface area contributed by atoms with Gasteiger partial charge in [-0.15, -0.1) is 0 Å². The predicted molar refractivity (Wildman–Crippen MR) is 87.4 cm³/mol. The molecule has 2 atom stereocenters. The van der Waals surface area contributed by atoms with E-state index >= 15 is 0 Å². The highest BCUT2D eigenvalue weighted by atomic mass is 32.2. The number of ketones is 1. The molecule has 0 aromatic heterocycles. The van der Waals surface area contributed by atoms with Gasteiger partial charge in [0.15, 0.2) is 0 Å². The molecule has 2 rings (SSSR count). The van der Waals surface area contributed by atoms with Crippen LogP contribution in [0.2, 0.25) is 0 Å². The number of Topliss-reactive ketones (excluding diaryl/α,β-unsaturated/α-hetero) is 1. The molecule has 1 aliphatic rings. The van der Waals surface area contributed by atoms with Gasteiger partial charge < -0.3 is 4.74 Å². The molecule has 5 heteroatoms. The molecule has 0 bridgehead atoms. The lowest BCUT2D eigenvalue weighted by molar-refractivity contribution is 0.106. The van der Waals surface area contributed by atoms with Crippen LogP contribution in [0.5, 0.6) is 0 Å². The molecule has 21 heavy (non-hydrogen) atoms. The third kappa shape index (κ3) is 3.54. The molecule has 0 heterocycles. The second-order valence-electron chi connectivity index (χ2n) is 4.09. The van der Waals surface area contributed by atoms with Crippen molar-refractivity contribution in [2.75, 3.05) is 14.2 Å². The smallest absolute Gasteiger partial charge is 0.211 e. The third-order valence-electron chi connectivity index (χ3n) is 3.04. The van der Waals surface area contributed by atoms with Crippen LogP contribution in [0.4, 0.5) is 0 Å². The van der Waals surface area contributed by atoms with E-state index in [1.165, 1.54) is 7.11 Å². The number of carbonyl (C=O) groups excluding carboxylic acids is 1. The van der Waals surface area contributed by atoms with Crippen LogP contribution < -0.4 is 0 Å². The lowest BCUT2D eigenvalue weighted by atomic mass is 9.95. The Morgan fingerprint density at radius 2 is 1.90 bits per heavy atom. The van der Waals surface area contributed by atoms with Gasteiger partial charge in [-0.3, -0.25) is 14.0 Å². The summed E-state index contributed by atoms with van der Waals surface area (Å²) < 4.78 is 17.4. The monoisotopic (exact) mass is 307 g/mol. The molecule has 0 amide bonds. The van der Waals surface area contributed by atoms with E-state index in [1.807, 2.05) is 13.8 Å². The second-order valence-corrected chi connectivity index (χ2v) is 5.79. The number of allylic oxidation sites excluding steroid dienone is 1. The maximum Gasteiger partial charge on any atom is 0.211 e. The van der Waals surface area contributed by atoms with Gasteiger partial charge in [-0.2, -0.15) is 0 Å². The van der Waals surface area contributed by atoms with Gasteiger partial charge in [0, 0.05) is 30.2 Å². The average Bonchev–Trinajstić information content (AvgIpc) is 2.55. The molecule has 114 valence electrons. The van der Waals surface area contributed by atoms with Gasteiger partial charge in [-0.05, 0) is 19.1 Å². The summed E-state index contributed by atoms with van der Waals surface area (Å²) in [6.45, 7) is 5.74. The highest BCUT2D eigenvalue weighted by molar-refractivity contribution is 7.85. The van der Waals surface area contributed by atoms with E-state index in [0.717, 1.165) is 0 Å². The van der Waals surface area contributed by atoms with Gasteiger partial charge >= 0.3 is 0 Å². The van der Waals surface area contributed by atoms with E-state index < -0.39 is 16.2 Å². The minimum atomic E-state index is -1.31. The minimum Gasteiger partial charge on any atom is -0.368 e. The van der Waals surface area contributed by atoms with Crippen molar-refractivity contribution in [1.82, 2.24) is 0 Å². The Balaban J connectivity index is 0.00000106. The number of hydrogen-bond acceptors (Lipinski definition) is 4. The first-order valence-corrected chi connectivity index (χ1v) is 8.07. The first-order valence-electron chi connectivity index (χ1n) is 6.86. The van der Waals surface area contributed by atoms with Crippen LogP contribution in [0.3, 0.4) is 0 Å². The Bertz CT molecular complexity index is 606. The largest absolute Gasteiger partial charge is 0.368 e. The van der Waals surface area contributed by atoms with Crippen molar-refractivity contribution in [2.24, 2.45) is 4.99 Å². The minimum absolute atomic E-state index is 0.135. The molecule has 1 aromatic carbocycles. The predicted octanol–water partition coefficient (Wildman–Crippen LogP) is 3.09. The summed E-state index contributed by atoms with van der Waals surface area (Å²) in [6.07, 6.45) is 3.44. The molecule has 0 fully saturated rings. The molecule has 1 aromatic rings. The fourth-order valence-electron chi connectivity index (χ4n) is 1.91. The maximum atomic E-state index is 12.3. The molecular formula is C16H21NO3S. The third-order valence-corrected chi connectivity index (χ3v) is 4.63. The van der Waals surface area contributed by atoms with Crippen LogP contribution >= 0.6 is 0 Å². The number of hydrogen-bond donors (Lipinski definition) is 0. The van der Waals surface area contributed by atoms with E-state index in [-0.39, 0.29) is 5.78 Å². The van der Waals surface area contributed by atoms with E-state index in [1.54, 1.807) is 44.3 Å². The fourth-order valence-corrected chi connectivity index (χ4v) is 3.05. The molecule has 0 N–H and O–H groups in total. The van der Waals surface area contributed by atoms with Gasteiger partial charge in [0.2, 0.25) is 5.78 Å². The zero-order chi connectivity index (χ0) is 16.0. The number of nitrogens with zero attached hydrogens (tertiary/aromatic N) is 1. The Kier molecular flexibility index (Phi) is 6.65. The first-order chi connectivity index (χ1) is 10.1. The summed E-state index contributed by atoms with van der Waals surface area (Å²) in [5.41, 5.74) is 1.23. The summed E-state index contributed by atoms with van der Waals surface area (Å²) in [4.78, 5) is 16.7. The first kappa shape index (κ1) is 17.5. The van der Waals surface area contributed by atoms with Gasteiger partial charge in [0.25, 0.3) is 0 Å². The van der Waals surface area contributed by atoms with Crippen molar-refractivity contribution in [2.45, 2.75) is 31.1 Å². The lowest BCUT2D eigenvalue weighted by Gasteiger charge is -2.16. The van der Waals surface area contributed by atoms with Crippen molar-refractivity contribution in [3.8, 4) is 0 Å². The number of fused-ring (bicyclic) bond motifs is 1. The fraction of sp³-hybridized carbons (Fsp3) is 0.375. The summed E-state index contributed by atoms with van der Waals surface area (Å²) >= 11 is 0. The van der Waals surface area contributed by atoms with Gasteiger partial charge in [0.1, 0.15) is 11.1 Å². The Hall–Kier alpha value is -1.59. The quantitative estimate of drug-likeness (QED) is 0.862. The SMILES string of the molecule is CC.CN=C1C=Cc2c(cccc2S(=O)C(C)OC)C1=O. The van der Waals surface area contributed by atoms with Gasteiger partial charge in [-0.25, -0.2) is 0 Å². The van der Waals surface area contributed by atoms with E-state index in [2.05, 4.69) is 4.99 Å². The maximum absolute atomic E-state index is 12.3. The number of ether oxygens (including phenoxy) is 1. The van der Waals surface area contributed by atoms with Crippen molar-refractivity contribution in [1.29, 1.82) is 0 Å². The van der Waals surface area contributed by atoms with Crippen molar-refractivity contribution >= 4 is 28.4 Å². The molecule has 1 aliphatic carbocycles. The Morgan fingerprint density at radius 1 is 1.24 bits per heavy atom. The zero-order valence-electron chi connectivity index (χ0n) is 13.0. The van der Waals surface area contributed by atoms with Crippen LogP contribution in [0.15, 0.2) is 34.2 Å². The van der Waals surface area contributed by atoms with Crippen LogP contribution in [0, 0.1) is 0 Å². The number of carbonyl (C=O) groups is 1. The summed E-state index contributed by atoms with van der Waals surface area (Å²) in [6, 6.07) is 5.22. The van der Waals surface area contributed by atoms with Crippen LogP contribution in [-0.4, -0.2) is 35.3 Å². The standard InChI is InChI=1S/C14H15NO3S.C2H6/c1-9(18-3)19(17)13-6-4-5-11-10(13)7-8-12(15-2)14(11)16;1-2/h4-9H,1-3H3;1-2H3. The molecule has 2 unspecified atom stereocenters. The molecule has 0 spiro atoms. The van der Waals surface area contributed by atoms with Crippen LogP contribution in [0.25, 0.3) is 6.08 Å². The summed E-state index contributed by atoms with van der Waals surface area (Å²) in [5.74, 6) is -0.135. The molecule has 4 nitrogen and oxygen atoms in total. The molecule has 0 aliphatic heterocycles. The number of aliphatic imine (C=N–C) groups is 1. The highest BCUT2D eigenvalue weighted by Crippen LogP contribution is 2.26. The molecular weight excluding hydrogens is 286 g/mol. The normalized spacial score (nSPS) is 17.8. The highest BCUT2D eigenvalue weighted by Gasteiger charge is 2.24. The summed E-state index contributed by atoms with van der Waals surface area (Å²) in [7, 11) is 1.78. The lowest BCUT2D eigenvalue weighted by Crippen LogP contribution is -2.20. The number of rotatable bonds is 3. The zero-order valence-corrected chi connectivity index (χ0v) is 13.9. The van der Waals surface area contributed by atoms with Crippen LogP contribution in [-0.2, 0) is 15.5 Å². The Morgan fingerprint density at radius 3 is 2.48 bits per heavy atom. The second kappa shape index (κ2) is 8.00. The number of methoxy groups -OCH3 is 1. The number of benzene rings is 1. The van der Waals surface area contributed by atoms with Gasteiger partial charge in [0.05, 0.1) is 10.8 Å². The molecule has 0 saturated carbocycles. The van der Waals surface area contributed by atoms with Crippen molar-refractivity contribution in [3.05, 3.63) is 35.4 Å². The van der Waals surface area contributed by atoms with Gasteiger partial charge in [-0.1, -0.05) is 32.1 Å². The van der Waals surface area contributed by atoms with Crippen LogP contribution in [0.1, 0.15) is 36.7 Å².